The number of nitrogens with one attached hydrogen (secondary N) is 1. The van der Waals surface area contributed by atoms with Crippen LogP contribution in [-0.2, 0) is 0 Å². The molecule has 6 heteroatoms. The SMILES string of the molecule is Cc1ccc(Cl)c([C@@H](C(F)F)N2CCNCC2)c1F. The predicted octanol–water partition coefficient (Wildman–Crippen LogP) is 3.00. The van der Waals surface area contributed by atoms with Gasteiger partial charge in [-0.3, -0.25) is 4.90 Å². The van der Waals surface area contributed by atoms with E-state index in [1.807, 2.05) is 0 Å². The van der Waals surface area contributed by atoms with Gasteiger partial charge in [0.05, 0.1) is 0 Å². The molecule has 1 aromatic rings. The molecule has 0 radical (unpaired) electrons. The molecule has 19 heavy (non-hydrogen) atoms. The lowest BCUT2D eigenvalue weighted by atomic mass is 10.0. The summed E-state index contributed by atoms with van der Waals surface area (Å²) in [4.78, 5) is 1.59. The fraction of sp³-hybridized carbons (Fsp3) is 0.538. The van der Waals surface area contributed by atoms with Crippen LogP contribution in [0.2, 0.25) is 5.02 Å². The molecule has 1 N–H and O–H groups in total. The van der Waals surface area contributed by atoms with Crippen LogP contribution in [0.5, 0.6) is 0 Å². The van der Waals surface area contributed by atoms with E-state index >= 15 is 0 Å². The molecule has 1 atom stereocenters. The topological polar surface area (TPSA) is 15.3 Å². The molecule has 0 aromatic heterocycles. The van der Waals surface area contributed by atoms with Crippen LogP contribution in [0.1, 0.15) is 17.2 Å². The molecule has 0 saturated carbocycles. The van der Waals surface area contributed by atoms with Crippen molar-refractivity contribution in [3.8, 4) is 0 Å². The lowest BCUT2D eigenvalue weighted by Crippen LogP contribution is -2.47. The average molecular weight is 293 g/mol. The number of benzene rings is 1. The van der Waals surface area contributed by atoms with Crippen LogP contribution in [0.3, 0.4) is 0 Å². The maximum Gasteiger partial charge on any atom is 0.258 e. The van der Waals surface area contributed by atoms with Crippen molar-refractivity contribution in [2.45, 2.75) is 19.4 Å². The zero-order valence-electron chi connectivity index (χ0n) is 10.6. The average Bonchev–Trinajstić information content (AvgIpc) is 2.39. The fourth-order valence-electron chi connectivity index (χ4n) is 2.38. The predicted molar refractivity (Wildman–Crippen MR) is 69.3 cm³/mol. The molecule has 106 valence electrons. The Labute approximate surface area is 115 Å². The van der Waals surface area contributed by atoms with Crippen molar-refractivity contribution >= 4 is 11.6 Å². The Morgan fingerprint density at radius 1 is 1.26 bits per heavy atom. The maximum absolute atomic E-state index is 14.2. The first kappa shape index (κ1) is 14.6. The highest BCUT2D eigenvalue weighted by Gasteiger charge is 2.34. The lowest BCUT2D eigenvalue weighted by Gasteiger charge is -2.35. The lowest BCUT2D eigenvalue weighted by molar-refractivity contribution is 0.0164. The Morgan fingerprint density at radius 3 is 2.47 bits per heavy atom. The van der Waals surface area contributed by atoms with Crippen LogP contribution in [0, 0.1) is 12.7 Å². The molecule has 1 fully saturated rings. The van der Waals surface area contributed by atoms with Gasteiger partial charge in [0.25, 0.3) is 6.43 Å². The molecule has 0 unspecified atom stereocenters. The first-order valence-corrected chi connectivity index (χ1v) is 6.57. The van der Waals surface area contributed by atoms with Gasteiger partial charge in [-0.2, -0.15) is 0 Å². The second kappa shape index (κ2) is 6.11. The first-order chi connectivity index (χ1) is 9.02. The van der Waals surface area contributed by atoms with E-state index in [9.17, 15) is 13.2 Å². The van der Waals surface area contributed by atoms with Crippen LogP contribution in [0.4, 0.5) is 13.2 Å². The van der Waals surface area contributed by atoms with Gasteiger partial charge >= 0.3 is 0 Å². The minimum absolute atomic E-state index is 0.0620. The third-order valence-electron chi connectivity index (χ3n) is 3.40. The molecular formula is C13H16ClF3N2. The molecule has 0 bridgehead atoms. The standard InChI is InChI=1S/C13H16ClF3N2/c1-8-2-3-9(14)10(11(8)15)12(13(16)17)19-6-4-18-5-7-19/h2-3,12-13,18H,4-7H2,1H3/t12-/m0/s1. The molecule has 2 rings (SSSR count). The van der Waals surface area contributed by atoms with E-state index < -0.39 is 18.3 Å². The highest BCUT2D eigenvalue weighted by molar-refractivity contribution is 6.31. The van der Waals surface area contributed by atoms with E-state index in [4.69, 9.17) is 11.6 Å². The number of aryl methyl sites for hydroxylation is 1. The second-order valence-electron chi connectivity index (χ2n) is 4.66. The van der Waals surface area contributed by atoms with E-state index in [1.165, 1.54) is 12.1 Å². The molecule has 1 aliphatic rings. The summed E-state index contributed by atoms with van der Waals surface area (Å²) in [6.45, 7) is 3.70. The monoisotopic (exact) mass is 292 g/mol. The summed E-state index contributed by atoms with van der Waals surface area (Å²) in [7, 11) is 0. The van der Waals surface area contributed by atoms with Crippen molar-refractivity contribution in [1.29, 1.82) is 0 Å². The summed E-state index contributed by atoms with van der Waals surface area (Å²) in [6.07, 6.45) is -2.67. The molecule has 1 heterocycles. The highest BCUT2D eigenvalue weighted by atomic mass is 35.5. The Balaban J connectivity index is 2.41. The van der Waals surface area contributed by atoms with Gasteiger partial charge in [-0.15, -0.1) is 0 Å². The molecular weight excluding hydrogens is 277 g/mol. The van der Waals surface area contributed by atoms with Gasteiger partial charge in [-0.25, -0.2) is 13.2 Å². The van der Waals surface area contributed by atoms with Crippen molar-refractivity contribution in [2.75, 3.05) is 26.2 Å². The van der Waals surface area contributed by atoms with Crippen molar-refractivity contribution in [3.63, 3.8) is 0 Å². The minimum atomic E-state index is -2.67. The van der Waals surface area contributed by atoms with Gasteiger partial charge in [-0.05, 0) is 18.6 Å². The Hall–Kier alpha value is -0.780. The van der Waals surface area contributed by atoms with Crippen molar-refractivity contribution in [1.82, 2.24) is 10.2 Å². The molecule has 2 nitrogen and oxygen atoms in total. The third-order valence-corrected chi connectivity index (χ3v) is 3.73. The molecule has 0 aliphatic carbocycles. The summed E-state index contributed by atoms with van der Waals surface area (Å²) in [6, 6.07) is 1.70. The normalized spacial score (nSPS) is 18.8. The summed E-state index contributed by atoms with van der Waals surface area (Å²) in [5.41, 5.74) is 0.249. The number of halogens is 4. The Morgan fingerprint density at radius 2 is 1.89 bits per heavy atom. The molecule has 1 saturated heterocycles. The summed E-state index contributed by atoms with van der Waals surface area (Å²) >= 11 is 5.94. The Kier molecular flexibility index (Phi) is 4.71. The molecule has 1 aromatic carbocycles. The molecule has 0 amide bonds. The Bertz CT molecular complexity index is 448. The number of rotatable bonds is 3. The van der Waals surface area contributed by atoms with Crippen LogP contribution in [0.25, 0.3) is 0 Å². The number of alkyl halides is 2. The number of nitrogens with zero attached hydrogens (tertiary/aromatic N) is 1. The number of piperazine rings is 1. The van der Waals surface area contributed by atoms with E-state index in [1.54, 1.807) is 11.8 Å². The van der Waals surface area contributed by atoms with E-state index in [-0.39, 0.29) is 10.6 Å². The van der Waals surface area contributed by atoms with E-state index in [0.717, 1.165) is 0 Å². The van der Waals surface area contributed by atoms with Crippen LogP contribution in [-0.4, -0.2) is 37.5 Å². The second-order valence-corrected chi connectivity index (χ2v) is 5.06. The van der Waals surface area contributed by atoms with Gasteiger partial charge in [0, 0.05) is 36.8 Å². The van der Waals surface area contributed by atoms with Crippen molar-refractivity contribution in [2.24, 2.45) is 0 Å². The van der Waals surface area contributed by atoms with E-state index in [2.05, 4.69) is 5.32 Å². The van der Waals surface area contributed by atoms with Gasteiger partial charge in [0.15, 0.2) is 0 Å². The van der Waals surface area contributed by atoms with Crippen LogP contribution in [0.15, 0.2) is 12.1 Å². The quantitative estimate of drug-likeness (QED) is 0.921. The van der Waals surface area contributed by atoms with Gasteiger partial charge in [-0.1, -0.05) is 17.7 Å². The van der Waals surface area contributed by atoms with Crippen molar-refractivity contribution < 1.29 is 13.2 Å². The first-order valence-electron chi connectivity index (χ1n) is 6.19. The minimum Gasteiger partial charge on any atom is -0.314 e. The zero-order valence-corrected chi connectivity index (χ0v) is 11.4. The van der Waals surface area contributed by atoms with Crippen LogP contribution >= 0.6 is 11.6 Å². The van der Waals surface area contributed by atoms with Gasteiger partial charge in [0.1, 0.15) is 11.9 Å². The van der Waals surface area contributed by atoms with Gasteiger partial charge in [0.2, 0.25) is 0 Å². The van der Waals surface area contributed by atoms with E-state index in [0.29, 0.717) is 31.7 Å². The largest absolute Gasteiger partial charge is 0.314 e. The highest BCUT2D eigenvalue weighted by Crippen LogP contribution is 2.35. The van der Waals surface area contributed by atoms with Crippen LogP contribution < -0.4 is 5.32 Å². The third kappa shape index (κ3) is 3.04. The molecule has 0 spiro atoms. The number of hydrogen-bond acceptors (Lipinski definition) is 2. The summed E-state index contributed by atoms with van der Waals surface area (Å²) in [5.74, 6) is -0.628. The summed E-state index contributed by atoms with van der Waals surface area (Å²) in [5, 5.41) is 3.15. The fourth-order valence-corrected chi connectivity index (χ4v) is 2.64. The molecule has 1 aliphatic heterocycles. The smallest absolute Gasteiger partial charge is 0.258 e. The van der Waals surface area contributed by atoms with Crippen molar-refractivity contribution in [3.05, 3.63) is 34.1 Å². The van der Waals surface area contributed by atoms with Gasteiger partial charge < -0.3 is 5.32 Å². The maximum atomic E-state index is 14.2. The summed E-state index contributed by atoms with van der Waals surface area (Å²) < 4.78 is 40.9. The zero-order chi connectivity index (χ0) is 14.0. The number of hydrogen-bond donors (Lipinski definition) is 1.